The Morgan fingerprint density at radius 3 is 2.18 bits per heavy atom. The Kier molecular flexibility index (Phi) is 5.96. The summed E-state index contributed by atoms with van der Waals surface area (Å²) < 4.78 is 32.4. The monoisotopic (exact) mass is 398 g/mol. The first-order chi connectivity index (χ1) is 13.4. The standard InChI is InChI=1S/C21H22N2O4S/c1-15(2)23-28(25,26)18-12-10-17(11-13-18)21(24)22-20(19-9-6-14-27-19)16-7-4-3-5-8-16/h3-15,20,23H,1-2H3,(H,22,24). The fourth-order valence-corrected chi connectivity index (χ4v) is 4.05. The molecule has 0 spiro atoms. The van der Waals surface area contributed by atoms with Crippen LogP contribution in [0.15, 0.2) is 82.3 Å². The predicted molar refractivity (Wildman–Crippen MR) is 106 cm³/mol. The first-order valence-electron chi connectivity index (χ1n) is 8.88. The second kappa shape index (κ2) is 8.41. The van der Waals surface area contributed by atoms with Crippen molar-refractivity contribution in [3.63, 3.8) is 0 Å². The molecule has 0 fully saturated rings. The van der Waals surface area contributed by atoms with Gasteiger partial charge in [-0.05, 0) is 55.8 Å². The van der Waals surface area contributed by atoms with Gasteiger partial charge in [0.1, 0.15) is 11.8 Å². The number of sulfonamides is 1. The summed E-state index contributed by atoms with van der Waals surface area (Å²) in [5.74, 6) is 0.283. The van der Waals surface area contributed by atoms with E-state index in [1.165, 1.54) is 24.3 Å². The normalized spacial score (nSPS) is 12.7. The van der Waals surface area contributed by atoms with Gasteiger partial charge in [0, 0.05) is 11.6 Å². The lowest BCUT2D eigenvalue weighted by molar-refractivity contribution is 0.0939. The molecule has 0 radical (unpaired) electrons. The molecule has 3 aromatic rings. The average molecular weight is 398 g/mol. The molecule has 3 rings (SSSR count). The summed E-state index contributed by atoms with van der Waals surface area (Å²) in [6.45, 7) is 3.50. The molecule has 1 amide bonds. The summed E-state index contributed by atoms with van der Waals surface area (Å²) in [4.78, 5) is 12.9. The summed E-state index contributed by atoms with van der Waals surface area (Å²) in [6.07, 6.45) is 1.55. The Hall–Kier alpha value is -2.90. The van der Waals surface area contributed by atoms with Gasteiger partial charge in [-0.15, -0.1) is 0 Å². The van der Waals surface area contributed by atoms with Crippen molar-refractivity contribution in [2.24, 2.45) is 0 Å². The Morgan fingerprint density at radius 1 is 0.929 bits per heavy atom. The van der Waals surface area contributed by atoms with E-state index in [0.717, 1.165) is 5.56 Å². The van der Waals surface area contributed by atoms with E-state index in [2.05, 4.69) is 10.0 Å². The molecule has 1 unspecified atom stereocenters. The number of benzene rings is 2. The van der Waals surface area contributed by atoms with Crippen LogP contribution < -0.4 is 10.0 Å². The van der Waals surface area contributed by atoms with Gasteiger partial charge in [-0.1, -0.05) is 30.3 Å². The minimum Gasteiger partial charge on any atom is -0.467 e. The van der Waals surface area contributed by atoms with Crippen molar-refractivity contribution < 1.29 is 17.6 Å². The van der Waals surface area contributed by atoms with Gasteiger partial charge < -0.3 is 9.73 Å². The van der Waals surface area contributed by atoms with Crippen LogP contribution >= 0.6 is 0 Å². The molecule has 0 aliphatic heterocycles. The van der Waals surface area contributed by atoms with Crippen molar-refractivity contribution in [2.45, 2.75) is 30.8 Å². The quantitative estimate of drug-likeness (QED) is 0.638. The molecule has 28 heavy (non-hydrogen) atoms. The number of carbonyl (C=O) groups excluding carboxylic acids is 1. The number of nitrogens with one attached hydrogen (secondary N) is 2. The number of hydrogen-bond acceptors (Lipinski definition) is 4. The smallest absolute Gasteiger partial charge is 0.252 e. The van der Waals surface area contributed by atoms with Gasteiger partial charge in [-0.3, -0.25) is 4.79 Å². The molecule has 0 saturated carbocycles. The predicted octanol–water partition coefficient (Wildman–Crippen LogP) is 3.49. The molecule has 0 aliphatic carbocycles. The van der Waals surface area contributed by atoms with Gasteiger partial charge in [-0.2, -0.15) is 0 Å². The van der Waals surface area contributed by atoms with Gasteiger partial charge in [0.2, 0.25) is 10.0 Å². The first-order valence-corrected chi connectivity index (χ1v) is 10.4. The Bertz CT molecular complexity index is 1010. The van der Waals surface area contributed by atoms with Gasteiger partial charge >= 0.3 is 0 Å². The van der Waals surface area contributed by atoms with Crippen LogP contribution in [0.4, 0.5) is 0 Å². The molecule has 1 aromatic heterocycles. The third kappa shape index (κ3) is 4.68. The molecule has 1 heterocycles. The third-order valence-corrected chi connectivity index (χ3v) is 5.73. The SMILES string of the molecule is CC(C)NS(=O)(=O)c1ccc(C(=O)NC(c2ccccc2)c2ccco2)cc1. The van der Waals surface area contributed by atoms with Crippen LogP contribution in [0.25, 0.3) is 0 Å². The molecule has 6 nitrogen and oxygen atoms in total. The number of rotatable bonds is 7. The summed E-state index contributed by atoms with van der Waals surface area (Å²) in [7, 11) is -3.60. The van der Waals surface area contributed by atoms with Crippen molar-refractivity contribution in [3.05, 3.63) is 89.9 Å². The number of hydrogen-bond donors (Lipinski definition) is 2. The summed E-state index contributed by atoms with van der Waals surface area (Å²) in [5, 5.41) is 2.94. The molecule has 0 saturated heterocycles. The van der Waals surface area contributed by atoms with Gasteiger partial charge in [0.05, 0.1) is 11.2 Å². The third-order valence-electron chi connectivity index (χ3n) is 4.05. The molecule has 7 heteroatoms. The van der Waals surface area contributed by atoms with Crippen molar-refractivity contribution >= 4 is 15.9 Å². The molecule has 2 N–H and O–H groups in total. The lowest BCUT2D eigenvalue weighted by Gasteiger charge is -2.17. The summed E-state index contributed by atoms with van der Waals surface area (Å²) >= 11 is 0. The highest BCUT2D eigenvalue weighted by atomic mass is 32.2. The van der Waals surface area contributed by atoms with E-state index in [1.54, 1.807) is 32.2 Å². The van der Waals surface area contributed by atoms with Crippen LogP contribution in [0.2, 0.25) is 0 Å². The van der Waals surface area contributed by atoms with Gasteiger partial charge in [0.25, 0.3) is 5.91 Å². The number of amides is 1. The fourth-order valence-electron chi connectivity index (χ4n) is 2.80. The Morgan fingerprint density at radius 2 is 1.61 bits per heavy atom. The summed E-state index contributed by atoms with van der Waals surface area (Å²) in [5.41, 5.74) is 1.24. The fraction of sp³-hybridized carbons (Fsp3) is 0.190. The van der Waals surface area contributed by atoms with E-state index in [0.29, 0.717) is 11.3 Å². The zero-order chi connectivity index (χ0) is 20.1. The van der Waals surface area contributed by atoms with Crippen molar-refractivity contribution in [1.29, 1.82) is 0 Å². The number of carbonyl (C=O) groups is 1. The second-order valence-corrected chi connectivity index (χ2v) is 8.35. The molecule has 1 atom stereocenters. The summed E-state index contributed by atoms with van der Waals surface area (Å²) in [6, 6.07) is 18.2. The highest BCUT2D eigenvalue weighted by Crippen LogP contribution is 2.23. The zero-order valence-corrected chi connectivity index (χ0v) is 16.4. The van der Waals surface area contributed by atoms with Gasteiger partial charge in [-0.25, -0.2) is 13.1 Å². The topological polar surface area (TPSA) is 88.4 Å². The Labute approximate surface area is 164 Å². The van der Waals surface area contributed by atoms with Gasteiger partial charge in [0.15, 0.2) is 0 Å². The molecular weight excluding hydrogens is 376 g/mol. The van der Waals surface area contributed by atoms with Crippen LogP contribution in [0.5, 0.6) is 0 Å². The van der Waals surface area contributed by atoms with Crippen LogP contribution in [-0.4, -0.2) is 20.4 Å². The molecule has 0 aliphatic rings. The maximum atomic E-state index is 12.7. The van der Waals surface area contributed by atoms with E-state index in [1.807, 2.05) is 30.3 Å². The van der Waals surface area contributed by atoms with E-state index < -0.39 is 16.1 Å². The lowest BCUT2D eigenvalue weighted by Crippen LogP contribution is -2.30. The van der Waals surface area contributed by atoms with Crippen molar-refractivity contribution in [3.8, 4) is 0 Å². The van der Waals surface area contributed by atoms with Crippen LogP contribution in [0.1, 0.15) is 41.6 Å². The molecule has 146 valence electrons. The number of furan rings is 1. The van der Waals surface area contributed by atoms with Crippen LogP contribution in [0.3, 0.4) is 0 Å². The Balaban J connectivity index is 1.81. The van der Waals surface area contributed by atoms with Crippen molar-refractivity contribution in [1.82, 2.24) is 10.0 Å². The average Bonchev–Trinajstić information content (AvgIpc) is 3.20. The van der Waals surface area contributed by atoms with E-state index in [4.69, 9.17) is 4.42 Å². The second-order valence-electron chi connectivity index (χ2n) is 6.63. The lowest BCUT2D eigenvalue weighted by atomic mass is 10.0. The molecule has 2 aromatic carbocycles. The molecular formula is C21H22N2O4S. The first kappa shape index (κ1) is 19.9. The highest BCUT2D eigenvalue weighted by molar-refractivity contribution is 7.89. The highest BCUT2D eigenvalue weighted by Gasteiger charge is 2.21. The van der Waals surface area contributed by atoms with E-state index in [9.17, 15) is 13.2 Å². The van der Waals surface area contributed by atoms with E-state index in [-0.39, 0.29) is 16.8 Å². The minimum atomic E-state index is -3.60. The molecule has 0 bridgehead atoms. The zero-order valence-electron chi connectivity index (χ0n) is 15.6. The van der Waals surface area contributed by atoms with Crippen LogP contribution in [-0.2, 0) is 10.0 Å². The largest absolute Gasteiger partial charge is 0.467 e. The van der Waals surface area contributed by atoms with Crippen molar-refractivity contribution in [2.75, 3.05) is 0 Å². The maximum absolute atomic E-state index is 12.7. The van der Waals surface area contributed by atoms with E-state index >= 15 is 0 Å². The minimum absolute atomic E-state index is 0.114. The maximum Gasteiger partial charge on any atom is 0.252 e. The van der Waals surface area contributed by atoms with Crippen LogP contribution in [0, 0.1) is 0 Å².